The highest BCUT2D eigenvalue weighted by molar-refractivity contribution is 6.04. The van der Waals surface area contributed by atoms with Crippen LogP contribution < -0.4 is 10.6 Å². The van der Waals surface area contributed by atoms with Crippen LogP contribution in [-0.4, -0.2) is 22.1 Å². The third-order valence-corrected chi connectivity index (χ3v) is 5.65. The van der Waals surface area contributed by atoms with Crippen molar-refractivity contribution in [2.45, 2.75) is 32.2 Å². The lowest BCUT2D eigenvalue weighted by molar-refractivity contribution is -0.115. The van der Waals surface area contributed by atoms with Gasteiger partial charge in [0.2, 0.25) is 5.91 Å². The van der Waals surface area contributed by atoms with E-state index in [-0.39, 0.29) is 5.91 Å². The maximum Gasteiger partial charge on any atom is 0.228 e. The minimum Gasteiger partial charge on any atom is -0.379 e. The molecule has 1 amide bonds. The van der Waals surface area contributed by atoms with E-state index in [1.807, 2.05) is 36.4 Å². The highest BCUT2D eigenvalue weighted by atomic mass is 16.1. The van der Waals surface area contributed by atoms with Crippen LogP contribution in [0.15, 0.2) is 36.4 Å². The second-order valence-corrected chi connectivity index (χ2v) is 7.60. The summed E-state index contributed by atoms with van der Waals surface area (Å²) in [5.41, 5.74) is 5.61. The number of benzene rings is 2. The van der Waals surface area contributed by atoms with E-state index in [4.69, 9.17) is 0 Å². The van der Waals surface area contributed by atoms with Gasteiger partial charge in [0.15, 0.2) is 5.69 Å². The summed E-state index contributed by atoms with van der Waals surface area (Å²) >= 11 is 0. The SMILES string of the molecule is CC(Nc1c(C#N)nnc2cc(-c3cccc4c3NC(=O)C4)ccc12)C1CC1. The quantitative estimate of drug-likeness (QED) is 0.728. The largest absolute Gasteiger partial charge is 0.379 e. The zero-order valence-electron chi connectivity index (χ0n) is 15.5. The van der Waals surface area contributed by atoms with Crippen molar-refractivity contribution in [3.8, 4) is 17.2 Å². The molecule has 3 aromatic rings. The Kier molecular flexibility index (Phi) is 3.76. The van der Waals surface area contributed by atoms with Crippen molar-refractivity contribution in [2.24, 2.45) is 5.92 Å². The topological polar surface area (TPSA) is 90.7 Å². The standard InChI is InChI=1S/C22H19N5O/c1-12(13-5-6-13)24-22-17-8-7-14(9-18(17)26-27-19(22)11-23)16-4-2-3-15-10-20(28)25-21(15)16/h2-4,7-9,12-13H,5-6,10H2,1H3,(H,24,26)(H,25,28). The van der Waals surface area contributed by atoms with Gasteiger partial charge in [-0.05, 0) is 48.9 Å². The van der Waals surface area contributed by atoms with Gasteiger partial charge in [0, 0.05) is 17.0 Å². The number of anilines is 2. The lowest BCUT2D eigenvalue weighted by atomic mass is 9.99. The van der Waals surface area contributed by atoms with Crippen LogP contribution in [0.2, 0.25) is 0 Å². The van der Waals surface area contributed by atoms with E-state index >= 15 is 0 Å². The summed E-state index contributed by atoms with van der Waals surface area (Å²) in [6.45, 7) is 2.15. The maximum atomic E-state index is 11.8. The number of amides is 1. The van der Waals surface area contributed by atoms with E-state index in [0.29, 0.717) is 24.1 Å². The van der Waals surface area contributed by atoms with Crippen molar-refractivity contribution < 1.29 is 4.79 Å². The molecule has 1 aliphatic heterocycles. The first-order valence-electron chi connectivity index (χ1n) is 9.53. The van der Waals surface area contributed by atoms with E-state index in [2.05, 4.69) is 33.8 Å². The van der Waals surface area contributed by atoms with Crippen molar-refractivity contribution in [3.05, 3.63) is 47.7 Å². The number of fused-ring (bicyclic) bond motifs is 2. The molecule has 0 spiro atoms. The Morgan fingerprint density at radius 2 is 2.11 bits per heavy atom. The second kappa shape index (κ2) is 6.31. The number of nitriles is 1. The Labute approximate surface area is 162 Å². The molecule has 2 heterocycles. The van der Waals surface area contributed by atoms with Crippen molar-refractivity contribution in [1.29, 1.82) is 5.26 Å². The molecule has 0 saturated heterocycles. The van der Waals surface area contributed by atoms with Crippen molar-refractivity contribution in [1.82, 2.24) is 10.2 Å². The lowest BCUT2D eigenvalue weighted by Crippen LogP contribution is -2.19. The summed E-state index contributed by atoms with van der Waals surface area (Å²) < 4.78 is 0. The van der Waals surface area contributed by atoms with E-state index in [0.717, 1.165) is 39.0 Å². The summed E-state index contributed by atoms with van der Waals surface area (Å²) in [5, 5.41) is 25.2. The van der Waals surface area contributed by atoms with Gasteiger partial charge in [0.25, 0.3) is 0 Å². The molecular weight excluding hydrogens is 350 g/mol. The molecule has 1 atom stereocenters. The van der Waals surface area contributed by atoms with Gasteiger partial charge < -0.3 is 10.6 Å². The summed E-state index contributed by atoms with van der Waals surface area (Å²) in [7, 11) is 0. The van der Waals surface area contributed by atoms with E-state index in [1.54, 1.807) is 0 Å². The molecule has 6 heteroatoms. The lowest BCUT2D eigenvalue weighted by Gasteiger charge is -2.17. The molecule has 0 bridgehead atoms. The average Bonchev–Trinajstić information content (AvgIpc) is 3.48. The number of hydrogen-bond acceptors (Lipinski definition) is 5. The predicted molar refractivity (Wildman–Crippen MR) is 108 cm³/mol. The summed E-state index contributed by atoms with van der Waals surface area (Å²) in [6.07, 6.45) is 2.86. The normalized spacial score (nSPS) is 16.4. The van der Waals surface area contributed by atoms with Crippen LogP contribution in [0.25, 0.3) is 22.0 Å². The summed E-state index contributed by atoms with van der Waals surface area (Å²) in [6, 6.07) is 14.4. The molecule has 2 N–H and O–H groups in total. The molecular formula is C22H19N5O. The highest BCUT2D eigenvalue weighted by Crippen LogP contribution is 2.38. The molecule has 138 valence electrons. The van der Waals surface area contributed by atoms with Gasteiger partial charge in [-0.2, -0.15) is 5.26 Å². The van der Waals surface area contributed by atoms with Crippen LogP contribution in [0.3, 0.4) is 0 Å². The molecule has 6 nitrogen and oxygen atoms in total. The smallest absolute Gasteiger partial charge is 0.228 e. The Morgan fingerprint density at radius 1 is 1.25 bits per heavy atom. The van der Waals surface area contributed by atoms with Crippen LogP contribution in [0.4, 0.5) is 11.4 Å². The van der Waals surface area contributed by atoms with Crippen molar-refractivity contribution in [3.63, 3.8) is 0 Å². The van der Waals surface area contributed by atoms with Gasteiger partial charge in [-0.1, -0.05) is 24.3 Å². The van der Waals surface area contributed by atoms with Gasteiger partial charge in [-0.3, -0.25) is 4.79 Å². The van der Waals surface area contributed by atoms with Crippen LogP contribution >= 0.6 is 0 Å². The molecule has 1 aromatic heterocycles. The van der Waals surface area contributed by atoms with E-state index < -0.39 is 0 Å². The summed E-state index contributed by atoms with van der Waals surface area (Å²) in [4.78, 5) is 11.8. The zero-order valence-corrected chi connectivity index (χ0v) is 15.5. The number of para-hydroxylation sites is 1. The fourth-order valence-corrected chi connectivity index (χ4v) is 3.93. The third kappa shape index (κ3) is 2.76. The minimum atomic E-state index is 0.0160. The monoisotopic (exact) mass is 369 g/mol. The Bertz CT molecular complexity index is 1160. The number of aromatic nitrogens is 2. The molecule has 1 fully saturated rings. The first-order chi connectivity index (χ1) is 13.6. The number of nitrogens with zero attached hydrogens (tertiary/aromatic N) is 3. The molecule has 5 rings (SSSR count). The number of rotatable bonds is 4. The van der Waals surface area contributed by atoms with Gasteiger partial charge >= 0.3 is 0 Å². The second-order valence-electron chi connectivity index (χ2n) is 7.60. The fourth-order valence-electron chi connectivity index (χ4n) is 3.93. The van der Waals surface area contributed by atoms with Crippen LogP contribution in [0, 0.1) is 17.2 Å². The molecule has 1 unspecified atom stereocenters. The van der Waals surface area contributed by atoms with Gasteiger partial charge in [0.1, 0.15) is 6.07 Å². The number of nitrogens with one attached hydrogen (secondary N) is 2. The fraction of sp³-hybridized carbons (Fsp3) is 0.273. The number of carbonyl (C=O) groups excluding carboxylic acids is 1. The third-order valence-electron chi connectivity index (χ3n) is 5.65. The molecule has 28 heavy (non-hydrogen) atoms. The van der Waals surface area contributed by atoms with Crippen molar-refractivity contribution in [2.75, 3.05) is 10.6 Å². The number of hydrogen-bond donors (Lipinski definition) is 2. The zero-order chi connectivity index (χ0) is 19.3. The van der Waals surface area contributed by atoms with Gasteiger partial charge in [0.05, 0.1) is 23.3 Å². The van der Waals surface area contributed by atoms with Crippen LogP contribution in [0.5, 0.6) is 0 Å². The summed E-state index contributed by atoms with van der Waals surface area (Å²) in [5.74, 6) is 0.673. The Hall–Kier alpha value is -3.46. The minimum absolute atomic E-state index is 0.0160. The molecule has 2 aliphatic rings. The molecule has 0 radical (unpaired) electrons. The van der Waals surface area contributed by atoms with Gasteiger partial charge in [-0.25, -0.2) is 0 Å². The predicted octanol–water partition coefficient (Wildman–Crippen LogP) is 3.87. The van der Waals surface area contributed by atoms with Crippen LogP contribution in [-0.2, 0) is 11.2 Å². The first-order valence-corrected chi connectivity index (χ1v) is 9.53. The molecule has 1 aliphatic carbocycles. The van der Waals surface area contributed by atoms with Gasteiger partial charge in [-0.15, -0.1) is 10.2 Å². The van der Waals surface area contributed by atoms with Crippen molar-refractivity contribution >= 4 is 28.2 Å². The first kappa shape index (κ1) is 16.7. The Morgan fingerprint density at radius 3 is 2.89 bits per heavy atom. The van der Waals surface area contributed by atoms with E-state index in [1.165, 1.54) is 12.8 Å². The molecule has 2 aromatic carbocycles. The average molecular weight is 369 g/mol. The molecule has 1 saturated carbocycles. The Balaban J connectivity index is 1.60. The highest BCUT2D eigenvalue weighted by Gasteiger charge is 2.29. The number of carbonyl (C=O) groups is 1. The van der Waals surface area contributed by atoms with E-state index in [9.17, 15) is 10.1 Å². The maximum absolute atomic E-state index is 11.8. The van der Waals surface area contributed by atoms with Crippen LogP contribution in [0.1, 0.15) is 31.0 Å².